The Labute approximate surface area is 154 Å². The molecule has 2 fully saturated rings. The van der Waals surface area contributed by atoms with Gasteiger partial charge in [0.15, 0.2) is 0 Å². The monoisotopic (exact) mass is 512 g/mol. The Morgan fingerprint density at radius 3 is 1.43 bits per heavy atom. The van der Waals surface area contributed by atoms with Gasteiger partial charge in [0.25, 0.3) is 0 Å². The van der Waals surface area contributed by atoms with Crippen LogP contribution in [0.4, 0.5) is 0 Å². The molecule has 0 N–H and O–H groups in total. The van der Waals surface area contributed by atoms with Gasteiger partial charge < -0.3 is 9.47 Å². The summed E-state index contributed by atoms with van der Waals surface area (Å²) in [5.74, 6) is -0.568. The van der Waals surface area contributed by atoms with Crippen LogP contribution in [0.25, 0.3) is 0 Å². The van der Waals surface area contributed by atoms with Crippen molar-refractivity contribution < 1.29 is 9.47 Å². The van der Waals surface area contributed by atoms with Crippen molar-refractivity contribution in [1.82, 2.24) is 0 Å². The van der Waals surface area contributed by atoms with E-state index in [0.29, 0.717) is 0 Å². The van der Waals surface area contributed by atoms with Crippen molar-refractivity contribution in [2.45, 2.75) is 81.2 Å². The van der Waals surface area contributed by atoms with E-state index in [4.69, 9.17) is 9.47 Å². The molecule has 2 aliphatic carbocycles. The molecule has 0 radical (unpaired) electrons. The lowest BCUT2D eigenvalue weighted by Gasteiger charge is -2.40. The van der Waals surface area contributed by atoms with Crippen molar-refractivity contribution in [1.29, 1.82) is 0 Å². The maximum Gasteiger partial charge on any atom is 0.211 e. The molecule has 2 saturated carbocycles. The number of hydrogen-bond donors (Lipinski definition) is 0. The molecule has 0 amide bonds. The van der Waals surface area contributed by atoms with Crippen LogP contribution in [-0.4, -0.2) is 17.0 Å². The molecule has 0 atom stereocenters. The van der Waals surface area contributed by atoms with Crippen LogP contribution >= 0.6 is 45.2 Å². The Morgan fingerprint density at radius 1 is 0.667 bits per heavy atom. The zero-order valence-corrected chi connectivity index (χ0v) is 16.6. The minimum Gasteiger partial charge on any atom is -0.331 e. The van der Waals surface area contributed by atoms with Crippen molar-refractivity contribution in [3.8, 4) is 0 Å². The van der Waals surface area contributed by atoms with E-state index in [1.807, 2.05) is 0 Å². The highest BCUT2D eigenvalue weighted by Gasteiger charge is 2.57. The molecule has 2 heterocycles. The molecule has 21 heavy (non-hydrogen) atoms. The summed E-state index contributed by atoms with van der Waals surface area (Å²) in [6.07, 6.45) is 17.0. The average molecular weight is 512 g/mol. The largest absolute Gasteiger partial charge is 0.331 e. The molecule has 0 aromatic carbocycles. The quantitative estimate of drug-likeness (QED) is 0.383. The van der Waals surface area contributed by atoms with Crippen LogP contribution in [0.2, 0.25) is 0 Å². The maximum atomic E-state index is 6.65. The Kier molecular flexibility index (Phi) is 3.99. The van der Waals surface area contributed by atoms with Crippen molar-refractivity contribution >= 4 is 45.2 Å². The van der Waals surface area contributed by atoms with Gasteiger partial charge in [-0.1, -0.05) is 38.5 Å². The normalized spacial score (nSPS) is 32.7. The summed E-state index contributed by atoms with van der Waals surface area (Å²) in [5, 5.41) is 0. The molecule has 3 spiro atoms. The lowest BCUT2D eigenvalue weighted by atomic mass is 9.85. The van der Waals surface area contributed by atoms with Crippen LogP contribution in [0.1, 0.15) is 64.2 Å². The van der Waals surface area contributed by atoms with Gasteiger partial charge in [0.05, 0.1) is 0 Å². The molecule has 0 bridgehead atoms. The van der Waals surface area contributed by atoms with E-state index < -0.39 is 5.79 Å². The van der Waals surface area contributed by atoms with E-state index in [9.17, 15) is 0 Å². The second-order valence-electron chi connectivity index (χ2n) is 7.02. The Bertz CT molecular complexity index is 451. The van der Waals surface area contributed by atoms with Crippen LogP contribution in [0.3, 0.4) is 0 Å². The maximum absolute atomic E-state index is 6.65. The Balaban J connectivity index is 1.63. The van der Waals surface area contributed by atoms with Crippen LogP contribution in [0.5, 0.6) is 0 Å². The zero-order chi connectivity index (χ0) is 14.6. The summed E-state index contributed by atoms with van der Waals surface area (Å²) in [5.41, 5.74) is -0.0984. The molecule has 0 aromatic heterocycles. The third kappa shape index (κ3) is 2.47. The molecular weight excluding hydrogens is 490 g/mol. The van der Waals surface area contributed by atoms with E-state index in [-0.39, 0.29) is 11.2 Å². The first-order valence-electron chi connectivity index (χ1n) is 8.26. The summed E-state index contributed by atoms with van der Waals surface area (Å²) in [4.78, 5) is 0. The van der Waals surface area contributed by atoms with Gasteiger partial charge in [-0.25, -0.2) is 0 Å². The molecular formula is C17H22I2O2. The van der Waals surface area contributed by atoms with Gasteiger partial charge in [-0.05, 0) is 83.0 Å². The van der Waals surface area contributed by atoms with Gasteiger partial charge >= 0.3 is 0 Å². The number of rotatable bonds is 0. The fourth-order valence-corrected chi connectivity index (χ4v) is 6.60. The minimum absolute atomic E-state index is 0.0492. The second kappa shape index (κ2) is 5.45. The van der Waals surface area contributed by atoms with Gasteiger partial charge in [-0.3, -0.25) is 0 Å². The summed E-state index contributed by atoms with van der Waals surface area (Å²) in [6, 6.07) is 0. The SMILES string of the molecule is IC1=CC2(C=C(I)C3(CCCCC3)O2)OC12CCCCC2. The van der Waals surface area contributed by atoms with E-state index in [2.05, 4.69) is 57.3 Å². The van der Waals surface area contributed by atoms with E-state index in [1.54, 1.807) is 0 Å². The van der Waals surface area contributed by atoms with Gasteiger partial charge in [-0.2, -0.15) is 0 Å². The van der Waals surface area contributed by atoms with Gasteiger partial charge in [0.1, 0.15) is 11.2 Å². The molecule has 2 aliphatic heterocycles. The van der Waals surface area contributed by atoms with E-state index >= 15 is 0 Å². The highest BCUT2D eigenvalue weighted by Crippen LogP contribution is 2.57. The predicted molar refractivity (Wildman–Crippen MR) is 101 cm³/mol. The standard InChI is InChI=1S/C17H22I2O2/c18-13-11-17(20-15(13)7-3-1-4-8-15)12-14(19)16(21-17)9-5-2-6-10-16/h11-12H,1-10H2. The van der Waals surface area contributed by atoms with Crippen LogP contribution in [0.15, 0.2) is 19.3 Å². The average Bonchev–Trinajstić information content (AvgIpc) is 2.86. The first-order valence-corrected chi connectivity index (χ1v) is 10.4. The summed E-state index contributed by atoms with van der Waals surface area (Å²) in [7, 11) is 0. The van der Waals surface area contributed by atoms with Gasteiger partial charge in [-0.15, -0.1) is 0 Å². The van der Waals surface area contributed by atoms with Crippen LogP contribution in [-0.2, 0) is 9.47 Å². The number of halogens is 2. The summed E-state index contributed by atoms with van der Waals surface area (Å²) in [6.45, 7) is 0. The smallest absolute Gasteiger partial charge is 0.211 e. The fraction of sp³-hybridized carbons (Fsp3) is 0.765. The number of hydrogen-bond acceptors (Lipinski definition) is 2. The van der Waals surface area contributed by atoms with Crippen LogP contribution < -0.4 is 0 Å². The first kappa shape index (κ1) is 15.4. The van der Waals surface area contributed by atoms with Crippen molar-refractivity contribution in [2.24, 2.45) is 0 Å². The second-order valence-corrected chi connectivity index (χ2v) is 9.34. The van der Waals surface area contributed by atoms with Gasteiger partial charge in [0, 0.05) is 7.16 Å². The Hall–Kier alpha value is 0.860. The third-order valence-electron chi connectivity index (χ3n) is 5.56. The van der Waals surface area contributed by atoms with Crippen molar-refractivity contribution in [3.63, 3.8) is 0 Å². The lowest BCUT2D eigenvalue weighted by molar-refractivity contribution is -0.244. The number of ether oxygens (including phenoxy) is 2. The third-order valence-corrected chi connectivity index (χ3v) is 8.15. The molecule has 4 heteroatoms. The minimum atomic E-state index is -0.568. The highest BCUT2D eigenvalue weighted by atomic mass is 127. The van der Waals surface area contributed by atoms with Crippen LogP contribution in [0, 0.1) is 0 Å². The molecule has 0 unspecified atom stereocenters. The first-order chi connectivity index (χ1) is 10.1. The zero-order valence-electron chi connectivity index (χ0n) is 12.3. The van der Waals surface area contributed by atoms with Crippen molar-refractivity contribution in [3.05, 3.63) is 19.3 Å². The molecule has 4 aliphatic rings. The van der Waals surface area contributed by atoms with E-state index in [0.717, 1.165) is 25.7 Å². The molecule has 116 valence electrons. The Morgan fingerprint density at radius 2 is 1.05 bits per heavy atom. The lowest BCUT2D eigenvalue weighted by Crippen LogP contribution is -2.43. The van der Waals surface area contributed by atoms with Gasteiger partial charge in [0.2, 0.25) is 5.79 Å². The van der Waals surface area contributed by atoms with E-state index in [1.165, 1.54) is 45.7 Å². The molecule has 2 nitrogen and oxygen atoms in total. The molecule has 0 aromatic rings. The summed E-state index contributed by atoms with van der Waals surface area (Å²) >= 11 is 4.99. The topological polar surface area (TPSA) is 18.5 Å². The molecule has 4 rings (SSSR count). The fourth-order valence-electron chi connectivity index (χ4n) is 4.43. The predicted octanol–water partition coefficient (Wildman–Crippen LogP) is 5.79. The highest BCUT2D eigenvalue weighted by molar-refractivity contribution is 14.1. The summed E-state index contributed by atoms with van der Waals surface area (Å²) < 4.78 is 16.0. The molecule has 0 saturated heterocycles. The van der Waals surface area contributed by atoms with Crippen molar-refractivity contribution in [2.75, 3.05) is 0 Å².